The molecular weight excluding hydrogens is 255 g/mol. The Hall–Kier alpha value is -1.91. The number of hydrogen-bond acceptors (Lipinski definition) is 2. The van der Waals surface area contributed by atoms with Crippen LogP contribution in [-0.4, -0.2) is 5.91 Å². The second-order valence-corrected chi connectivity index (χ2v) is 3.52. The molecule has 0 saturated carbocycles. The maximum atomic E-state index is 12.7. The number of nitrogens with zero attached hydrogens (tertiary/aromatic N) is 1. The number of hydrazine groups is 1. The lowest BCUT2D eigenvalue weighted by Crippen LogP contribution is -2.37. The Labute approximate surface area is 110 Å². The number of benzene rings is 2. The molecule has 0 bridgehead atoms. The van der Waals surface area contributed by atoms with Gasteiger partial charge in [0.15, 0.2) is 0 Å². The van der Waals surface area contributed by atoms with Gasteiger partial charge < -0.3 is 0 Å². The smallest absolute Gasteiger partial charge is 0.267 e. The van der Waals surface area contributed by atoms with E-state index in [1.54, 1.807) is 24.3 Å². The first-order chi connectivity index (χ1) is 8.18. The fourth-order valence-corrected chi connectivity index (χ4v) is 1.44. The van der Waals surface area contributed by atoms with Crippen LogP contribution in [0.3, 0.4) is 0 Å². The second kappa shape index (κ2) is 6.14. The minimum absolute atomic E-state index is 0. The number of hydrogen-bond donors (Lipinski definition) is 1. The molecule has 0 radical (unpaired) electrons. The molecule has 2 aromatic rings. The van der Waals surface area contributed by atoms with E-state index in [4.69, 9.17) is 5.84 Å². The molecule has 2 N–H and O–H groups in total. The molecule has 2 rings (SSSR count). The van der Waals surface area contributed by atoms with Gasteiger partial charge in [-0.25, -0.2) is 15.2 Å². The topological polar surface area (TPSA) is 46.3 Å². The van der Waals surface area contributed by atoms with Gasteiger partial charge in [-0.2, -0.15) is 0 Å². The number of anilines is 1. The van der Waals surface area contributed by atoms with Crippen molar-refractivity contribution in [3.63, 3.8) is 0 Å². The van der Waals surface area contributed by atoms with Crippen LogP contribution in [0.25, 0.3) is 0 Å². The van der Waals surface area contributed by atoms with Gasteiger partial charge >= 0.3 is 0 Å². The third-order valence-corrected chi connectivity index (χ3v) is 2.34. The third-order valence-electron chi connectivity index (χ3n) is 2.34. The van der Waals surface area contributed by atoms with Crippen LogP contribution < -0.4 is 10.9 Å². The minimum Gasteiger partial charge on any atom is -0.267 e. The number of amides is 1. The Kier molecular flexibility index (Phi) is 4.83. The van der Waals surface area contributed by atoms with Gasteiger partial charge in [0.1, 0.15) is 5.82 Å². The zero-order chi connectivity index (χ0) is 12.3. The van der Waals surface area contributed by atoms with E-state index in [9.17, 15) is 9.18 Å². The van der Waals surface area contributed by atoms with Gasteiger partial charge in [-0.1, -0.05) is 18.2 Å². The van der Waals surface area contributed by atoms with E-state index in [0.29, 0.717) is 11.3 Å². The Morgan fingerprint density at radius 1 is 1.00 bits per heavy atom. The molecule has 0 aliphatic carbocycles. The first kappa shape index (κ1) is 14.2. The summed E-state index contributed by atoms with van der Waals surface area (Å²) in [4.78, 5) is 11.9. The van der Waals surface area contributed by atoms with Crippen molar-refractivity contribution < 1.29 is 9.18 Å². The van der Waals surface area contributed by atoms with E-state index < -0.39 is 0 Å². The van der Waals surface area contributed by atoms with Crippen LogP contribution in [0.1, 0.15) is 10.4 Å². The molecule has 94 valence electrons. The van der Waals surface area contributed by atoms with Crippen molar-refractivity contribution in [1.82, 2.24) is 0 Å². The summed E-state index contributed by atoms with van der Waals surface area (Å²) in [6, 6.07) is 14.1. The molecule has 5 heteroatoms. The fourth-order valence-electron chi connectivity index (χ4n) is 1.44. The average molecular weight is 267 g/mol. The standard InChI is InChI=1S/C13H11FN2O.ClH/c14-11-6-8-12(9-7-11)16(15)13(17)10-4-2-1-3-5-10;/h1-9H,15H2;1H. The van der Waals surface area contributed by atoms with Crippen LogP contribution in [0.15, 0.2) is 54.6 Å². The molecule has 18 heavy (non-hydrogen) atoms. The molecule has 1 amide bonds. The predicted octanol–water partition coefficient (Wildman–Crippen LogP) is 2.77. The summed E-state index contributed by atoms with van der Waals surface area (Å²) in [5, 5.41) is 0.995. The van der Waals surface area contributed by atoms with Crippen LogP contribution in [-0.2, 0) is 0 Å². The Morgan fingerprint density at radius 2 is 1.56 bits per heavy atom. The minimum atomic E-state index is -0.366. The van der Waals surface area contributed by atoms with E-state index in [1.807, 2.05) is 6.07 Å². The van der Waals surface area contributed by atoms with E-state index in [0.717, 1.165) is 5.01 Å². The van der Waals surface area contributed by atoms with E-state index in [1.165, 1.54) is 24.3 Å². The molecule has 0 heterocycles. The van der Waals surface area contributed by atoms with Gasteiger partial charge in [0.05, 0.1) is 5.69 Å². The average Bonchev–Trinajstić information content (AvgIpc) is 2.39. The molecule has 0 unspecified atom stereocenters. The predicted molar refractivity (Wildman–Crippen MR) is 71.1 cm³/mol. The molecule has 0 saturated heterocycles. The second-order valence-electron chi connectivity index (χ2n) is 3.52. The number of rotatable bonds is 2. The van der Waals surface area contributed by atoms with Crippen molar-refractivity contribution in [2.45, 2.75) is 0 Å². The number of carbonyl (C=O) groups excluding carboxylic acids is 1. The zero-order valence-corrected chi connectivity index (χ0v) is 10.2. The van der Waals surface area contributed by atoms with Crippen LogP contribution in [0, 0.1) is 5.82 Å². The summed E-state index contributed by atoms with van der Waals surface area (Å²) in [5.74, 6) is 4.98. The molecule has 0 spiro atoms. The van der Waals surface area contributed by atoms with Gasteiger partial charge in [-0.3, -0.25) is 4.79 Å². The van der Waals surface area contributed by atoms with Crippen molar-refractivity contribution >= 4 is 24.0 Å². The third kappa shape index (κ3) is 3.06. The normalized spacial score (nSPS) is 9.44. The summed E-state index contributed by atoms with van der Waals surface area (Å²) >= 11 is 0. The van der Waals surface area contributed by atoms with Gasteiger partial charge in [-0.15, -0.1) is 12.4 Å². The molecular formula is C13H12ClFN2O. The first-order valence-electron chi connectivity index (χ1n) is 5.08. The Morgan fingerprint density at radius 3 is 2.11 bits per heavy atom. The molecule has 0 aromatic heterocycles. The highest BCUT2D eigenvalue weighted by molar-refractivity contribution is 6.05. The van der Waals surface area contributed by atoms with Crippen molar-refractivity contribution in [1.29, 1.82) is 0 Å². The van der Waals surface area contributed by atoms with Gasteiger partial charge in [0.2, 0.25) is 0 Å². The van der Waals surface area contributed by atoms with Crippen LogP contribution in [0.4, 0.5) is 10.1 Å². The van der Waals surface area contributed by atoms with E-state index in [-0.39, 0.29) is 24.1 Å². The maximum Gasteiger partial charge on any atom is 0.272 e. The molecule has 2 aromatic carbocycles. The quantitative estimate of drug-likeness (QED) is 0.516. The number of nitrogens with two attached hydrogens (primary N) is 1. The molecule has 0 fully saturated rings. The number of carbonyl (C=O) groups is 1. The summed E-state index contributed by atoms with van der Waals surface area (Å²) in [7, 11) is 0. The van der Waals surface area contributed by atoms with Crippen LogP contribution in [0.2, 0.25) is 0 Å². The first-order valence-corrected chi connectivity index (χ1v) is 5.08. The zero-order valence-electron chi connectivity index (χ0n) is 9.42. The highest BCUT2D eigenvalue weighted by Gasteiger charge is 2.13. The molecule has 0 aliphatic rings. The lowest BCUT2D eigenvalue weighted by Gasteiger charge is -2.16. The lowest BCUT2D eigenvalue weighted by atomic mass is 10.2. The molecule has 0 atom stereocenters. The van der Waals surface area contributed by atoms with Gasteiger partial charge in [0, 0.05) is 5.56 Å². The van der Waals surface area contributed by atoms with Crippen molar-refractivity contribution in [2.75, 3.05) is 5.01 Å². The van der Waals surface area contributed by atoms with Crippen LogP contribution >= 0.6 is 12.4 Å². The summed E-state index contributed by atoms with van der Waals surface area (Å²) in [6.07, 6.45) is 0. The Balaban J connectivity index is 0.00000162. The van der Waals surface area contributed by atoms with E-state index in [2.05, 4.69) is 0 Å². The monoisotopic (exact) mass is 266 g/mol. The summed E-state index contributed by atoms with van der Waals surface area (Å²) in [6.45, 7) is 0. The van der Waals surface area contributed by atoms with Gasteiger partial charge in [-0.05, 0) is 36.4 Å². The summed E-state index contributed by atoms with van der Waals surface area (Å²) < 4.78 is 12.7. The lowest BCUT2D eigenvalue weighted by molar-refractivity contribution is 0.0987. The van der Waals surface area contributed by atoms with Crippen molar-refractivity contribution in [2.24, 2.45) is 5.84 Å². The maximum absolute atomic E-state index is 12.7. The fraction of sp³-hybridized carbons (Fsp3) is 0. The molecule has 0 aliphatic heterocycles. The Bertz CT molecular complexity index is 516. The number of halogens is 2. The van der Waals surface area contributed by atoms with Crippen LogP contribution in [0.5, 0.6) is 0 Å². The van der Waals surface area contributed by atoms with Crippen molar-refractivity contribution in [3.05, 3.63) is 66.0 Å². The SMILES string of the molecule is Cl.NN(C(=O)c1ccccc1)c1ccc(F)cc1. The van der Waals surface area contributed by atoms with E-state index >= 15 is 0 Å². The van der Waals surface area contributed by atoms with Gasteiger partial charge in [0.25, 0.3) is 5.91 Å². The highest BCUT2D eigenvalue weighted by atomic mass is 35.5. The largest absolute Gasteiger partial charge is 0.272 e. The highest BCUT2D eigenvalue weighted by Crippen LogP contribution is 2.14. The van der Waals surface area contributed by atoms with Crippen molar-refractivity contribution in [3.8, 4) is 0 Å². The molecule has 3 nitrogen and oxygen atoms in total. The summed E-state index contributed by atoms with van der Waals surface area (Å²) in [5.41, 5.74) is 0.930.